The summed E-state index contributed by atoms with van der Waals surface area (Å²) in [5.74, 6) is 1.86. The molecular formula is C23H23FN. The minimum atomic E-state index is -0.234. The summed E-state index contributed by atoms with van der Waals surface area (Å²) in [5.41, 5.74) is 5.55. The van der Waals surface area contributed by atoms with Crippen molar-refractivity contribution in [1.29, 1.82) is 0 Å². The summed E-state index contributed by atoms with van der Waals surface area (Å²) in [6.45, 7) is 2.41. The molecule has 2 heteroatoms. The molecule has 0 aliphatic heterocycles. The van der Waals surface area contributed by atoms with Crippen LogP contribution in [-0.2, 0) is 6.42 Å². The zero-order valence-corrected chi connectivity index (χ0v) is 14.6. The topological polar surface area (TPSA) is 12.9 Å². The smallest absolute Gasteiger partial charge is 0.142 e. The van der Waals surface area contributed by atoms with Crippen LogP contribution in [0.1, 0.15) is 55.2 Å². The Balaban J connectivity index is 1.50. The second kappa shape index (κ2) is 5.52. The summed E-state index contributed by atoms with van der Waals surface area (Å²) in [4.78, 5) is 4.09. The van der Waals surface area contributed by atoms with Crippen LogP contribution in [-0.4, -0.2) is 4.98 Å². The van der Waals surface area contributed by atoms with Crippen molar-refractivity contribution in [3.8, 4) is 0 Å². The van der Waals surface area contributed by atoms with Crippen LogP contribution in [0, 0.1) is 29.1 Å². The quantitative estimate of drug-likeness (QED) is 0.665. The second-order valence-electron chi connectivity index (χ2n) is 8.24. The lowest BCUT2D eigenvalue weighted by Crippen LogP contribution is -2.40. The number of fused-ring (bicyclic) bond motifs is 5. The number of rotatable bonds is 1. The molecule has 0 spiro atoms. The maximum atomic E-state index is 13.7. The fourth-order valence-corrected chi connectivity index (χ4v) is 6.03. The Morgan fingerprint density at radius 2 is 2.20 bits per heavy atom. The van der Waals surface area contributed by atoms with Gasteiger partial charge in [0.25, 0.3) is 0 Å². The molecule has 0 bridgehead atoms. The highest BCUT2D eigenvalue weighted by Gasteiger charge is 2.51. The fourth-order valence-electron chi connectivity index (χ4n) is 6.03. The van der Waals surface area contributed by atoms with Crippen molar-refractivity contribution < 1.29 is 4.39 Å². The molecule has 25 heavy (non-hydrogen) atoms. The van der Waals surface area contributed by atoms with Crippen molar-refractivity contribution in [1.82, 2.24) is 4.98 Å². The molecule has 5 rings (SSSR count). The molecular weight excluding hydrogens is 309 g/mol. The standard InChI is InChI=1S/C23H23FN/c1-23-11-10-19-18-5-3-2-4-15(18)6-7-20(19)22(23)9-8-21(23)16-12-17(24)14-25-13-16/h3-5,8,12-14,19-20,22H,6-7,9-11H2,1H3/t19-,20-,22+,23-/m1/s1. The van der Waals surface area contributed by atoms with Gasteiger partial charge in [0.15, 0.2) is 0 Å². The van der Waals surface area contributed by atoms with E-state index in [0.717, 1.165) is 17.9 Å². The number of aryl methyl sites for hydroxylation is 1. The third-order valence-electron chi connectivity index (χ3n) is 7.17. The van der Waals surface area contributed by atoms with Crippen LogP contribution in [0.5, 0.6) is 0 Å². The van der Waals surface area contributed by atoms with E-state index < -0.39 is 0 Å². The van der Waals surface area contributed by atoms with Crippen molar-refractivity contribution in [2.24, 2.45) is 17.3 Å². The summed E-state index contributed by atoms with van der Waals surface area (Å²) in [6.07, 6.45) is 11.5. The maximum absolute atomic E-state index is 13.7. The first kappa shape index (κ1) is 15.3. The van der Waals surface area contributed by atoms with E-state index in [1.807, 2.05) is 6.20 Å². The molecule has 1 radical (unpaired) electrons. The van der Waals surface area contributed by atoms with Crippen LogP contribution < -0.4 is 0 Å². The van der Waals surface area contributed by atoms with Gasteiger partial charge in [0, 0.05) is 6.20 Å². The minimum Gasteiger partial charge on any atom is -0.261 e. The molecule has 3 aliphatic rings. The molecule has 1 aromatic heterocycles. The molecule has 0 amide bonds. The van der Waals surface area contributed by atoms with Gasteiger partial charge in [0.05, 0.1) is 6.20 Å². The van der Waals surface area contributed by atoms with E-state index in [2.05, 4.69) is 42.2 Å². The van der Waals surface area contributed by atoms with Crippen LogP contribution >= 0.6 is 0 Å². The average molecular weight is 332 g/mol. The van der Waals surface area contributed by atoms with Crippen LogP contribution in [0.2, 0.25) is 0 Å². The minimum absolute atomic E-state index is 0.162. The van der Waals surface area contributed by atoms with E-state index in [-0.39, 0.29) is 11.2 Å². The van der Waals surface area contributed by atoms with E-state index in [1.165, 1.54) is 43.0 Å². The van der Waals surface area contributed by atoms with Gasteiger partial charge in [-0.25, -0.2) is 4.39 Å². The molecule has 4 atom stereocenters. The number of hydrogen-bond acceptors (Lipinski definition) is 1. The largest absolute Gasteiger partial charge is 0.261 e. The number of pyridine rings is 1. The first-order valence-corrected chi connectivity index (χ1v) is 9.47. The Hall–Kier alpha value is -1.96. The van der Waals surface area contributed by atoms with Gasteiger partial charge in [-0.1, -0.05) is 31.2 Å². The molecule has 1 aromatic carbocycles. The molecule has 2 aromatic rings. The lowest BCUT2D eigenvalue weighted by Gasteiger charge is -2.50. The number of benzene rings is 1. The van der Waals surface area contributed by atoms with Crippen molar-refractivity contribution in [3.05, 3.63) is 71.3 Å². The van der Waals surface area contributed by atoms with E-state index in [1.54, 1.807) is 11.6 Å². The summed E-state index contributed by atoms with van der Waals surface area (Å²) in [7, 11) is 0. The highest BCUT2D eigenvalue weighted by atomic mass is 19.1. The van der Waals surface area contributed by atoms with Gasteiger partial charge in [0.1, 0.15) is 5.82 Å². The molecule has 0 N–H and O–H groups in total. The first-order valence-electron chi connectivity index (χ1n) is 9.47. The van der Waals surface area contributed by atoms with E-state index >= 15 is 0 Å². The molecule has 1 heterocycles. The van der Waals surface area contributed by atoms with Gasteiger partial charge in [-0.2, -0.15) is 0 Å². The third-order valence-corrected chi connectivity index (χ3v) is 7.17. The van der Waals surface area contributed by atoms with E-state index in [9.17, 15) is 4.39 Å². The van der Waals surface area contributed by atoms with E-state index in [4.69, 9.17) is 0 Å². The summed E-state index contributed by atoms with van der Waals surface area (Å²) in [5, 5.41) is 0. The highest BCUT2D eigenvalue weighted by molar-refractivity contribution is 5.72. The average Bonchev–Trinajstić information content (AvgIpc) is 2.99. The number of hydrogen-bond donors (Lipinski definition) is 0. The van der Waals surface area contributed by atoms with Gasteiger partial charge in [-0.15, -0.1) is 0 Å². The van der Waals surface area contributed by atoms with Crippen molar-refractivity contribution in [2.75, 3.05) is 0 Å². The lowest BCUT2D eigenvalue weighted by atomic mass is 9.54. The molecule has 127 valence electrons. The monoisotopic (exact) mass is 332 g/mol. The normalized spacial score (nSPS) is 33.2. The van der Waals surface area contributed by atoms with Gasteiger partial charge in [-0.05, 0) is 89.7 Å². The van der Waals surface area contributed by atoms with Crippen LogP contribution in [0.3, 0.4) is 0 Å². The van der Waals surface area contributed by atoms with Crippen LogP contribution in [0.25, 0.3) is 5.57 Å². The Labute approximate surface area is 149 Å². The predicted octanol–water partition coefficient (Wildman–Crippen LogP) is 5.57. The van der Waals surface area contributed by atoms with E-state index in [0.29, 0.717) is 11.8 Å². The van der Waals surface area contributed by atoms with Crippen molar-refractivity contribution >= 4 is 5.57 Å². The third kappa shape index (κ3) is 2.23. The summed E-state index contributed by atoms with van der Waals surface area (Å²) in [6, 6.07) is 11.5. The summed E-state index contributed by atoms with van der Waals surface area (Å²) < 4.78 is 13.7. The second-order valence-corrected chi connectivity index (χ2v) is 8.24. The zero-order chi connectivity index (χ0) is 17.0. The van der Waals surface area contributed by atoms with Crippen molar-refractivity contribution in [2.45, 2.75) is 44.9 Å². The number of allylic oxidation sites excluding steroid dienone is 2. The zero-order valence-electron chi connectivity index (χ0n) is 14.6. The molecule has 0 unspecified atom stereocenters. The Morgan fingerprint density at radius 1 is 1.28 bits per heavy atom. The van der Waals surface area contributed by atoms with Gasteiger partial charge >= 0.3 is 0 Å². The number of aromatic nitrogens is 1. The highest BCUT2D eigenvalue weighted by Crippen LogP contribution is 2.62. The van der Waals surface area contributed by atoms with Crippen LogP contribution in [0.15, 0.2) is 42.7 Å². The van der Waals surface area contributed by atoms with Gasteiger partial charge in [-0.3, -0.25) is 4.98 Å². The number of halogens is 1. The van der Waals surface area contributed by atoms with Gasteiger partial charge < -0.3 is 0 Å². The number of nitrogens with zero attached hydrogens (tertiary/aromatic N) is 1. The molecule has 3 aliphatic carbocycles. The van der Waals surface area contributed by atoms with Crippen LogP contribution in [0.4, 0.5) is 4.39 Å². The molecule has 0 saturated heterocycles. The Bertz CT molecular complexity index is 855. The maximum Gasteiger partial charge on any atom is 0.142 e. The Morgan fingerprint density at radius 3 is 3.08 bits per heavy atom. The molecule has 1 fully saturated rings. The lowest BCUT2D eigenvalue weighted by molar-refractivity contribution is 0.0885. The van der Waals surface area contributed by atoms with Gasteiger partial charge in [0.2, 0.25) is 0 Å². The Kier molecular flexibility index (Phi) is 3.38. The molecule has 1 saturated carbocycles. The first-order chi connectivity index (χ1) is 12.2. The predicted molar refractivity (Wildman–Crippen MR) is 97.5 cm³/mol. The van der Waals surface area contributed by atoms with Crippen molar-refractivity contribution in [3.63, 3.8) is 0 Å². The summed E-state index contributed by atoms with van der Waals surface area (Å²) >= 11 is 0. The molecule has 1 nitrogen and oxygen atoms in total. The fraction of sp³-hybridized carbons (Fsp3) is 0.435. The SMILES string of the molecule is C[C@]12CC[C@@H]3c4cc[c]cc4CC[C@H]3[C@@H]1CC=C2c1cncc(F)c1.